The normalized spacial score (nSPS) is 15.4. The monoisotopic (exact) mass is 284 g/mol. The summed E-state index contributed by atoms with van der Waals surface area (Å²) in [6.45, 7) is 6.34. The van der Waals surface area contributed by atoms with Crippen LogP contribution in [0.3, 0.4) is 0 Å². The Bertz CT molecular complexity index is 605. The number of rotatable bonds is 6. The maximum absolute atomic E-state index is 5.99. The summed E-state index contributed by atoms with van der Waals surface area (Å²) in [5.41, 5.74) is 2.30. The van der Waals surface area contributed by atoms with Gasteiger partial charge in [0.05, 0.1) is 5.52 Å². The van der Waals surface area contributed by atoms with Crippen LogP contribution in [0.4, 0.5) is 0 Å². The van der Waals surface area contributed by atoms with Crippen LogP contribution >= 0.6 is 0 Å². The molecule has 3 heteroatoms. The average Bonchev–Trinajstić information content (AvgIpc) is 2.42. The first kappa shape index (κ1) is 14.3. The first-order valence-electron chi connectivity index (χ1n) is 7.98. The molecule has 1 aliphatic rings. The zero-order valence-electron chi connectivity index (χ0n) is 12.9. The van der Waals surface area contributed by atoms with E-state index < -0.39 is 0 Å². The number of fused-ring (bicyclic) bond motifs is 1. The number of ether oxygens (including phenoxy) is 1. The lowest BCUT2D eigenvalue weighted by Gasteiger charge is -2.26. The molecule has 1 saturated carbocycles. The van der Waals surface area contributed by atoms with E-state index in [4.69, 9.17) is 4.74 Å². The van der Waals surface area contributed by atoms with Crippen molar-refractivity contribution >= 4 is 10.9 Å². The molecule has 0 aliphatic heterocycles. The van der Waals surface area contributed by atoms with Crippen LogP contribution in [-0.4, -0.2) is 17.6 Å². The Morgan fingerprint density at radius 3 is 2.81 bits per heavy atom. The highest BCUT2D eigenvalue weighted by Gasteiger charge is 2.20. The largest absolute Gasteiger partial charge is 0.474 e. The van der Waals surface area contributed by atoms with E-state index in [0.29, 0.717) is 12.0 Å². The smallest absolute Gasteiger partial charge is 0.214 e. The van der Waals surface area contributed by atoms with Crippen LogP contribution in [0.15, 0.2) is 30.3 Å². The molecule has 3 rings (SSSR count). The van der Waals surface area contributed by atoms with Crippen molar-refractivity contribution in [2.75, 3.05) is 6.54 Å². The van der Waals surface area contributed by atoms with E-state index in [9.17, 15) is 0 Å². The Kier molecular flexibility index (Phi) is 4.39. The molecule has 0 radical (unpaired) electrons. The molecular weight excluding hydrogens is 260 g/mol. The molecular formula is C18H24N2O. The number of para-hydroxylation sites is 1. The maximum Gasteiger partial charge on any atom is 0.214 e. The minimum atomic E-state index is 0.370. The first-order valence-corrected chi connectivity index (χ1v) is 7.98. The zero-order valence-corrected chi connectivity index (χ0v) is 12.9. The quantitative estimate of drug-likeness (QED) is 0.873. The van der Waals surface area contributed by atoms with E-state index in [1.165, 1.54) is 17.4 Å². The van der Waals surface area contributed by atoms with Crippen LogP contribution in [0.5, 0.6) is 5.88 Å². The Morgan fingerprint density at radius 1 is 1.29 bits per heavy atom. The fourth-order valence-electron chi connectivity index (χ4n) is 2.58. The number of nitrogens with one attached hydrogen (secondary N) is 1. The molecule has 1 fully saturated rings. The van der Waals surface area contributed by atoms with E-state index in [2.05, 4.69) is 48.4 Å². The molecule has 1 aromatic carbocycles. The third kappa shape index (κ3) is 3.53. The second-order valence-electron chi connectivity index (χ2n) is 6.33. The fraction of sp³-hybridized carbons (Fsp3) is 0.500. The lowest BCUT2D eigenvalue weighted by molar-refractivity contribution is 0.115. The number of hydrogen-bond acceptors (Lipinski definition) is 3. The summed E-state index contributed by atoms with van der Waals surface area (Å²) >= 11 is 0. The van der Waals surface area contributed by atoms with Gasteiger partial charge >= 0.3 is 0 Å². The fourth-order valence-corrected chi connectivity index (χ4v) is 2.58. The Labute approximate surface area is 126 Å². The lowest BCUT2D eigenvalue weighted by atomic mass is 9.96. The molecule has 1 heterocycles. The van der Waals surface area contributed by atoms with Gasteiger partial charge in [-0.25, -0.2) is 4.98 Å². The predicted molar refractivity (Wildman–Crippen MR) is 86.6 cm³/mol. The molecule has 1 aromatic heterocycles. The van der Waals surface area contributed by atoms with Crippen LogP contribution in [0.25, 0.3) is 10.9 Å². The predicted octanol–water partition coefficient (Wildman–Crippen LogP) is 3.91. The first-order chi connectivity index (χ1) is 10.2. The van der Waals surface area contributed by atoms with Crippen LogP contribution in [0, 0.1) is 5.92 Å². The third-order valence-corrected chi connectivity index (χ3v) is 3.99. The number of benzene rings is 1. The van der Waals surface area contributed by atoms with Crippen molar-refractivity contribution in [3.05, 3.63) is 35.9 Å². The topological polar surface area (TPSA) is 34.1 Å². The summed E-state index contributed by atoms with van der Waals surface area (Å²) in [4.78, 5) is 4.65. The van der Waals surface area contributed by atoms with Gasteiger partial charge in [0.15, 0.2) is 0 Å². The van der Waals surface area contributed by atoms with Gasteiger partial charge in [-0.1, -0.05) is 32.0 Å². The van der Waals surface area contributed by atoms with Crippen molar-refractivity contribution in [2.45, 2.75) is 45.8 Å². The summed E-state index contributed by atoms with van der Waals surface area (Å²) in [7, 11) is 0. The van der Waals surface area contributed by atoms with Gasteiger partial charge in [-0.05, 0) is 43.4 Å². The Balaban J connectivity index is 1.83. The van der Waals surface area contributed by atoms with Crippen LogP contribution in [0.2, 0.25) is 0 Å². The van der Waals surface area contributed by atoms with E-state index in [1.54, 1.807) is 0 Å². The molecule has 2 aromatic rings. The molecule has 0 saturated heterocycles. The number of hydrogen-bond donors (Lipinski definition) is 1. The number of nitrogens with zero attached hydrogens (tertiary/aromatic N) is 1. The van der Waals surface area contributed by atoms with E-state index >= 15 is 0 Å². The van der Waals surface area contributed by atoms with Gasteiger partial charge in [0, 0.05) is 18.0 Å². The van der Waals surface area contributed by atoms with Crippen molar-refractivity contribution in [1.82, 2.24) is 10.3 Å². The lowest BCUT2D eigenvalue weighted by Crippen LogP contribution is -2.25. The summed E-state index contributed by atoms with van der Waals surface area (Å²) in [6, 6.07) is 10.4. The summed E-state index contributed by atoms with van der Waals surface area (Å²) < 4.78 is 5.99. The van der Waals surface area contributed by atoms with Crippen LogP contribution < -0.4 is 10.1 Å². The molecule has 0 bridgehead atoms. The summed E-state index contributed by atoms with van der Waals surface area (Å²) in [5.74, 6) is 1.43. The molecule has 1 aliphatic carbocycles. The van der Waals surface area contributed by atoms with E-state index in [1.807, 2.05) is 6.07 Å². The van der Waals surface area contributed by atoms with Crippen LogP contribution in [0.1, 0.15) is 38.7 Å². The molecule has 0 amide bonds. The van der Waals surface area contributed by atoms with Gasteiger partial charge < -0.3 is 10.1 Å². The summed E-state index contributed by atoms with van der Waals surface area (Å²) in [6.07, 6.45) is 3.97. The molecule has 0 atom stereocenters. The maximum atomic E-state index is 5.99. The van der Waals surface area contributed by atoms with Gasteiger partial charge in [0.1, 0.15) is 6.10 Å². The second kappa shape index (κ2) is 6.44. The molecule has 3 nitrogen and oxygen atoms in total. The van der Waals surface area contributed by atoms with Gasteiger partial charge in [-0.3, -0.25) is 0 Å². The second-order valence-corrected chi connectivity index (χ2v) is 6.33. The van der Waals surface area contributed by atoms with Gasteiger partial charge in [-0.15, -0.1) is 0 Å². The van der Waals surface area contributed by atoms with Crippen molar-refractivity contribution in [3.8, 4) is 5.88 Å². The highest BCUT2D eigenvalue weighted by Crippen LogP contribution is 2.27. The summed E-state index contributed by atoms with van der Waals surface area (Å²) in [5, 5.41) is 4.74. The molecule has 0 spiro atoms. The molecule has 1 N–H and O–H groups in total. The zero-order chi connectivity index (χ0) is 14.7. The van der Waals surface area contributed by atoms with Crippen molar-refractivity contribution in [2.24, 2.45) is 5.92 Å². The van der Waals surface area contributed by atoms with E-state index in [-0.39, 0.29) is 0 Å². The highest BCUT2D eigenvalue weighted by molar-refractivity contribution is 5.82. The van der Waals surface area contributed by atoms with Crippen molar-refractivity contribution in [3.63, 3.8) is 0 Å². The van der Waals surface area contributed by atoms with E-state index in [0.717, 1.165) is 37.3 Å². The van der Waals surface area contributed by atoms with Gasteiger partial charge in [-0.2, -0.15) is 0 Å². The molecule has 21 heavy (non-hydrogen) atoms. The number of aromatic nitrogens is 1. The molecule has 112 valence electrons. The minimum Gasteiger partial charge on any atom is -0.474 e. The van der Waals surface area contributed by atoms with Gasteiger partial charge in [0.25, 0.3) is 0 Å². The highest BCUT2D eigenvalue weighted by atomic mass is 16.5. The van der Waals surface area contributed by atoms with Gasteiger partial charge in [0.2, 0.25) is 5.88 Å². The Hall–Kier alpha value is -1.61. The van der Waals surface area contributed by atoms with Crippen molar-refractivity contribution < 1.29 is 4.74 Å². The van der Waals surface area contributed by atoms with Crippen LogP contribution in [-0.2, 0) is 6.54 Å². The molecule has 0 unspecified atom stereocenters. The minimum absolute atomic E-state index is 0.370. The number of pyridine rings is 1. The van der Waals surface area contributed by atoms with Crippen molar-refractivity contribution in [1.29, 1.82) is 0 Å². The Morgan fingerprint density at radius 2 is 2.10 bits per heavy atom. The standard InChI is InChI=1S/C18H24N2O/c1-13(2)11-19-12-14-10-18(21-15-6-5-7-15)20-17-9-4-3-8-16(14)17/h3-4,8-10,13,15,19H,5-7,11-12H2,1-2H3. The SMILES string of the molecule is CC(C)CNCc1cc(OC2CCC2)nc2ccccc12. The average molecular weight is 284 g/mol. The third-order valence-electron chi connectivity index (χ3n) is 3.99.